The SMILES string of the molecule is O=C(O)CC1NC(=O)c2ccc3ccccc3c21. The number of carboxylic acids is 1. The molecule has 1 aliphatic heterocycles. The van der Waals surface area contributed by atoms with Crippen LogP contribution in [-0.4, -0.2) is 17.0 Å². The molecule has 0 aromatic heterocycles. The highest BCUT2D eigenvalue weighted by molar-refractivity contribution is 6.05. The van der Waals surface area contributed by atoms with Crippen LogP contribution in [0.1, 0.15) is 28.4 Å². The van der Waals surface area contributed by atoms with Crippen molar-refractivity contribution in [2.24, 2.45) is 0 Å². The zero-order chi connectivity index (χ0) is 12.7. The van der Waals surface area contributed by atoms with E-state index in [0.717, 1.165) is 16.3 Å². The van der Waals surface area contributed by atoms with Gasteiger partial charge in [-0.1, -0.05) is 30.3 Å². The Kier molecular flexibility index (Phi) is 2.30. The molecule has 2 aromatic carbocycles. The van der Waals surface area contributed by atoms with Gasteiger partial charge in [-0.25, -0.2) is 0 Å². The number of amides is 1. The summed E-state index contributed by atoms with van der Waals surface area (Å²) in [6.07, 6.45) is -0.0905. The zero-order valence-corrected chi connectivity index (χ0v) is 9.51. The molecule has 0 bridgehead atoms. The summed E-state index contributed by atoms with van der Waals surface area (Å²) in [7, 11) is 0. The molecule has 1 aliphatic rings. The van der Waals surface area contributed by atoms with Gasteiger partial charge in [0.1, 0.15) is 0 Å². The third-order valence-electron chi connectivity index (χ3n) is 3.25. The van der Waals surface area contributed by atoms with E-state index in [9.17, 15) is 9.59 Å². The maximum atomic E-state index is 11.8. The third kappa shape index (κ3) is 1.54. The van der Waals surface area contributed by atoms with E-state index in [1.807, 2.05) is 30.3 Å². The van der Waals surface area contributed by atoms with Crippen LogP contribution in [0.15, 0.2) is 36.4 Å². The number of hydrogen-bond acceptors (Lipinski definition) is 2. The zero-order valence-electron chi connectivity index (χ0n) is 9.51. The standard InChI is InChI=1S/C14H11NO3/c16-12(17)7-11-13-9-4-2-1-3-8(9)5-6-10(13)14(18)15-11/h1-6,11H,7H2,(H,15,18)(H,16,17). The van der Waals surface area contributed by atoms with E-state index in [4.69, 9.17) is 5.11 Å². The Bertz CT molecular complexity index is 661. The monoisotopic (exact) mass is 241 g/mol. The summed E-state index contributed by atoms with van der Waals surface area (Å²) in [6.45, 7) is 0. The normalized spacial score (nSPS) is 17.6. The van der Waals surface area contributed by atoms with Crippen LogP contribution in [0.4, 0.5) is 0 Å². The van der Waals surface area contributed by atoms with Gasteiger partial charge in [0.15, 0.2) is 0 Å². The van der Waals surface area contributed by atoms with Crippen molar-refractivity contribution in [2.75, 3.05) is 0 Å². The Morgan fingerprint density at radius 1 is 1.22 bits per heavy atom. The highest BCUT2D eigenvalue weighted by Gasteiger charge is 2.31. The van der Waals surface area contributed by atoms with Crippen molar-refractivity contribution in [3.8, 4) is 0 Å². The Balaban J connectivity index is 2.23. The van der Waals surface area contributed by atoms with E-state index >= 15 is 0 Å². The van der Waals surface area contributed by atoms with E-state index in [1.54, 1.807) is 6.07 Å². The van der Waals surface area contributed by atoms with Crippen LogP contribution in [-0.2, 0) is 4.79 Å². The number of carbonyl (C=O) groups is 2. The van der Waals surface area contributed by atoms with Crippen LogP contribution in [0.3, 0.4) is 0 Å². The number of carboxylic acid groups (broad SMARTS) is 1. The van der Waals surface area contributed by atoms with Gasteiger partial charge in [-0.05, 0) is 22.4 Å². The number of hydrogen-bond donors (Lipinski definition) is 2. The van der Waals surface area contributed by atoms with Crippen molar-refractivity contribution in [2.45, 2.75) is 12.5 Å². The molecule has 1 atom stereocenters. The summed E-state index contributed by atoms with van der Waals surface area (Å²) in [4.78, 5) is 22.7. The fourth-order valence-corrected chi connectivity index (χ4v) is 2.50. The van der Waals surface area contributed by atoms with Crippen molar-refractivity contribution >= 4 is 22.6 Å². The molecule has 4 heteroatoms. The van der Waals surface area contributed by atoms with E-state index < -0.39 is 12.0 Å². The average Bonchev–Trinajstić information content (AvgIpc) is 2.66. The van der Waals surface area contributed by atoms with Crippen LogP contribution >= 0.6 is 0 Å². The first kappa shape index (κ1) is 10.8. The van der Waals surface area contributed by atoms with Gasteiger partial charge >= 0.3 is 5.97 Å². The molecule has 1 heterocycles. The minimum absolute atomic E-state index is 0.0905. The first-order chi connectivity index (χ1) is 8.66. The van der Waals surface area contributed by atoms with Crippen LogP contribution in [0, 0.1) is 0 Å². The van der Waals surface area contributed by atoms with Gasteiger partial charge in [0.25, 0.3) is 5.91 Å². The lowest BCUT2D eigenvalue weighted by Gasteiger charge is -2.11. The van der Waals surface area contributed by atoms with Crippen LogP contribution in [0.25, 0.3) is 10.8 Å². The van der Waals surface area contributed by atoms with Crippen LogP contribution in [0.5, 0.6) is 0 Å². The number of aliphatic carboxylic acids is 1. The molecule has 0 saturated heterocycles. The molecule has 0 spiro atoms. The molecule has 0 fully saturated rings. The van der Waals surface area contributed by atoms with Gasteiger partial charge in [-0.15, -0.1) is 0 Å². The first-order valence-electron chi connectivity index (χ1n) is 5.71. The predicted molar refractivity (Wildman–Crippen MR) is 66.4 cm³/mol. The Labute approximate surface area is 103 Å². The summed E-state index contributed by atoms with van der Waals surface area (Å²) >= 11 is 0. The molecular weight excluding hydrogens is 230 g/mol. The fourth-order valence-electron chi connectivity index (χ4n) is 2.50. The summed E-state index contributed by atoms with van der Waals surface area (Å²) in [5.41, 5.74) is 1.39. The topological polar surface area (TPSA) is 66.4 Å². The van der Waals surface area contributed by atoms with Gasteiger partial charge in [0, 0.05) is 5.56 Å². The highest BCUT2D eigenvalue weighted by Crippen LogP contribution is 2.34. The molecule has 18 heavy (non-hydrogen) atoms. The summed E-state index contributed by atoms with van der Waals surface area (Å²) in [5, 5.41) is 13.6. The molecule has 3 rings (SSSR count). The number of fused-ring (bicyclic) bond motifs is 3. The van der Waals surface area contributed by atoms with Crippen molar-refractivity contribution in [1.29, 1.82) is 0 Å². The van der Waals surface area contributed by atoms with E-state index in [2.05, 4.69) is 5.32 Å². The highest BCUT2D eigenvalue weighted by atomic mass is 16.4. The first-order valence-corrected chi connectivity index (χ1v) is 5.71. The maximum Gasteiger partial charge on any atom is 0.305 e. The maximum absolute atomic E-state index is 11.8. The number of benzene rings is 2. The second kappa shape index (κ2) is 3.84. The third-order valence-corrected chi connectivity index (χ3v) is 3.25. The van der Waals surface area contributed by atoms with E-state index in [-0.39, 0.29) is 12.3 Å². The molecule has 4 nitrogen and oxygen atoms in total. The molecule has 0 saturated carbocycles. The van der Waals surface area contributed by atoms with Crippen molar-refractivity contribution < 1.29 is 14.7 Å². The fraction of sp³-hybridized carbons (Fsp3) is 0.143. The number of rotatable bonds is 2. The quantitative estimate of drug-likeness (QED) is 0.846. The Hall–Kier alpha value is -2.36. The molecule has 1 amide bonds. The predicted octanol–water partition coefficient (Wildman–Crippen LogP) is 2.10. The van der Waals surface area contributed by atoms with Gasteiger partial charge < -0.3 is 10.4 Å². The smallest absolute Gasteiger partial charge is 0.305 e. The minimum atomic E-state index is -0.916. The second-order valence-electron chi connectivity index (χ2n) is 4.37. The van der Waals surface area contributed by atoms with Gasteiger partial charge in [0.05, 0.1) is 12.5 Å². The average molecular weight is 241 g/mol. The lowest BCUT2D eigenvalue weighted by Crippen LogP contribution is -2.21. The van der Waals surface area contributed by atoms with Crippen molar-refractivity contribution in [1.82, 2.24) is 5.32 Å². The van der Waals surface area contributed by atoms with Crippen molar-refractivity contribution in [3.63, 3.8) is 0 Å². The second-order valence-corrected chi connectivity index (χ2v) is 4.37. The van der Waals surface area contributed by atoms with Crippen LogP contribution in [0.2, 0.25) is 0 Å². The summed E-state index contributed by atoms with van der Waals surface area (Å²) in [5.74, 6) is -1.11. The Morgan fingerprint density at radius 2 is 2.00 bits per heavy atom. The van der Waals surface area contributed by atoms with Gasteiger partial charge in [0.2, 0.25) is 0 Å². The van der Waals surface area contributed by atoms with Crippen molar-refractivity contribution in [3.05, 3.63) is 47.5 Å². The molecule has 2 aromatic rings. The van der Waals surface area contributed by atoms with E-state index in [0.29, 0.717) is 5.56 Å². The summed E-state index contributed by atoms with van der Waals surface area (Å²) < 4.78 is 0. The molecule has 0 aliphatic carbocycles. The lowest BCUT2D eigenvalue weighted by atomic mass is 9.95. The molecule has 0 radical (unpaired) electrons. The van der Waals surface area contributed by atoms with Gasteiger partial charge in [-0.2, -0.15) is 0 Å². The minimum Gasteiger partial charge on any atom is -0.481 e. The van der Waals surface area contributed by atoms with Crippen LogP contribution < -0.4 is 5.32 Å². The molecule has 1 unspecified atom stereocenters. The largest absolute Gasteiger partial charge is 0.481 e. The molecule has 90 valence electrons. The van der Waals surface area contributed by atoms with E-state index in [1.165, 1.54) is 0 Å². The number of nitrogens with one attached hydrogen (secondary N) is 1. The molecule has 2 N–H and O–H groups in total. The number of carbonyl (C=O) groups excluding carboxylic acids is 1. The lowest BCUT2D eigenvalue weighted by molar-refractivity contribution is -0.137. The molecular formula is C14H11NO3. The Morgan fingerprint density at radius 3 is 2.78 bits per heavy atom. The van der Waals surface area contributed by atoms with Gasteiger partial charge in [-0.3, -0.25) is 9.59 Å². The summed E-state index contributed by atoms with van der Waals surface area (Å²) in [6, 6.07) is 10.9.